The molecule has 3 aliphatic heterocycles. The summed E-state index contributed by atoms with van der Waals surface area (Å²) in [6.45, 7) is 3.58. The van der Waals surface area contributed by atoms with Crippen LogP contribution in [-0.2, 0) is 11.2 Å². The summed E-state index contributed by atoms with van der Waals surface area (Å²) in [6, 6.07) is 13.9. The van der Waals surface area contributed by atoms with Crippen molar-refractivity contribution < 1.29 is 14.7 Å². The lowest BCUT2D eigenvalue weighted by Crippen LogP contribution is -2.50. The summed E-state index contributed by atoms with van der Waals surface area (Å²) in [5, 5.41) is 9.59. The van der Waals surface area contributed by atoms with Gasteiger partial charge in [0.15, 0.2) is 0 Å². The van der Waals surface area contributed by atoms with E-state index in [0.29, 0.717) is 17.2 Å². The minimum Gasteiger partial charge on any atom is -0.492 e. The van der Waals surface area contributed by atoms with E-state index in [-0.39, 0.29) is 0 Å². The van der Waals surface area contributed by atoms with E-state index < -0.39 is 5.91 Å². The number of amides is 1. The van der Waals surface area contributed by atoms with Crippen LogP contribution in [0.2, 0.25) is 5.02 Å². The van der Waals surface area contributed by atoms with E-state index in [2.05, 4.69) is 20.9 Å². The van der Waals surface area contributed by atoms with E-state index in [1.165, 1.54) is 6.20 Å². The summed E-state index contributed by atoms with van der Waals surface area (Å²) in [5.41, 5.74) is 4.98. The third-order valence-corrected chi connectivity index (χ3v) is 6.76. The third-order valence-electron chi connectivity index (χ3n) is 6.52. The lowest BCUT2D eigenvalue weighted by atomic mass is 10.1. The van der Waals surface area contributed by atoms with Crippen LogP contribution in [0, 0.1) is 0 Å². The molecule has 2 aromatic carbocycles. The lowest BCUT2D eigenvalue weighted by molar-refractivity contribution is -0.124. The highest BCUT2D eigenvalue weighted by atomic mass is 35.5. The highest BCUT2D eigenvalue weighted by Gasteiger charge is 2.26. The van der Waals surface area contributed by atoms with Crippen LogP contribution in [0.5, 0.6) is 5.75 Å². The average Bonchev–Trinajstić information content (AvgIpc) is 2.96. The number of aliphatic imine (C=N–C) groups is 2. The number of rotatable bonds is 1. The number of allylic oxidation sites excluding steroid dienone is 1. The summed E-state index contributed by atoms with van der Waals surface area (Å²) >= 11 is 6.41. The van der Waals surface area contributed by atoms with Gasteiger partial charge in [0.2, 0.25) is 0 Å². The molecular formula is C27H28ClN5O3. The molecule has 2 N–H and O–H groups in total. The Kier molecular flexibility index (Phi) is 7.34. The number of para-hydroxylation sites is 1. The van der Waals surface area contributed by atoms with Crippen molar-refractivity contribution in [2.24, 2.45) is 9.98 Å². The lowest BCUT2D eigenvalue weighted by Gasteiger charge is -2.38. The van der Waals surface area contributed by atoms with Crippen molar-refractivity contribution in [2.75, 3.05) is 32.8 Å². The molecule has 0 saturated carbocycles. The van der Waals surface area contributed by atoms with Gasteiger partial charge in [0.25, 0.3) is 5.91 Å². The number of carbonyl (C=O) groups is 1. The van der Waals surface area contributed by atoms with Crippen LogP contribution in [0.4, 0.5) is 5.69 Å². The minimum absolute atomic E-state index is 0.320. The second-order valence-electron chi connectivity index (χ2n) is 8.79. The molecule has 1 saturated heterocycles. The zero-order valence-electron chi connectivity index (χ0n) is 19.9. The Hall–Kier alpha value is -3.62. The number of hydrogen-bond donors (Lipinski definition) is 2. The fourth-order valence-electron chi connectivity index (χ4n) is 4.61. The largest absolute Gasteiger partial charge is 0.492 e. The number of carbonyl (C=O) groups excluding carboxylic acids is 1. The average molecular weight is 506 g/mol. The summed E-state index contributed by atoms with van der Waals surface area (Å²) < 4.78 is 6.16. The van der Waals surface area contributed by atoms with Crippen LogP contribution in [-0.4, -0.2) is 65.4 Å². The normalized spacial score (nSPS) is 18.0. The topological polar surface area (TPSA) is 89.8 Å². The molecule has 0 aromatic heterocycles. The van der Waals surface area contributed by atoms with Crippen molar-refractivity contribution in [3.63, 3.8) is 0 Å². The first-order valence-corrected chi connectivity index (χ1v) is 12.5. The number of benzene rings is 2. The molecule has 0 aliphatic carbocycles. The van der Waals surface area contributed by atoms with E-state index in [9.17, 15) is 4.79 Å². The van der Waals surface area contributed by atoms with Gasteiger partial charge in [0, 0.05) is 50.2 Å². The van der Waals surface area contributed by atoms with Crippen LogP contribution in [0.15, 0.2) is 76.4 Å². The summed E-state index contributed by atoms with van der Waals surface area (Å²) in [4.78, 5) is 26.1. The highest BCUT2D eigenvalue weighted by molar-refractivity contribution is 6.31. The number of hydroxylamine groups is 1. The molecular weight excluding hydrogens is 478 g/mol. The van der Waals surface area contributed by atoms with Gasteiger partial charge in [-0.15, -0.1) is 0 Å². The van der Waals surface area contributed by atoms with Crippen LogP contribution in [0.25, 0.3) is 0 Å². The quantitative estimate of drug-likeness (QED) is 0.450. The van der Waals surface area contributed by atoms with Gasteiger partial charge in [-0.1, -0.05) is 42.0 Å². The molecule has 186 valence electrons. The zero-order chi connectivity index (χ0) is 24.9. The molecule has 3 heterocycles. The Morgan fingerprint density at radius 1 is 1.06 bits per heavy atom. The monoisotopic (exact) mass is 505 g/mol. The molecule has 0 atom stereocenters. The molecule has 9 heteroatoms. The SMILES string of the molecule is O=C(NO)C1=CN=C(N2CCN(C3=Nc4ccccc4CCOc4ccc(Cl)cc43)CC2)CCC=C1. The van der Waals surface area contributed by atoms with Crippen molar-refractivity contribution in [3.05, 3.63) is 82.5 Å². The number of hydrogen-bond acceptors (Lipinski definition) is 7. The standard InChI is InChI=1S/C27H28ClN5O3/c28-21-9-10-24-22(17-21)26(30-23-7-3-1-5-19(23)11-16-36-24)33-14-12-32(13-15-33)25-8-4-2-6-20(18-29-25)27(34)31-35/h1-3,5-7,9-10,17-18,35H,4,8,11-16H2,(H,31,34). The highest BCUT2D eigenvalue weighted by Crippen LogP contribution is 2.30. The molecule has 0 radical (unpaired) electrons. The van der Waals surface area contributed by atoms with Gasteiger partial charge < -0.3 is 14.5 Å². The van der Waals surface area contributed by atoms with Crippen LogP contribution >= 0.6 is 11.6 Å². The van der Waals surface area contributed by atoms with E-state index in [1.54, 1.807) is 11.6 Å². The molecule has 1 fully saturated rings. The molecule has 0 spiro atoms. The second-order valence-corrected chi connectivity index (χ2v) is 9.23. The van der Waals surface area contributed by atoms with Crippen molar-refractivity contribution in [1.29, 1.82) is 0 Å². The Morgan fingerprint density at radius 2 is 1.86 bits per heavy atom. The number of amidine groups is 2. The Morgan fingerprint density at radius 3 is 2.69 bits per heavy atom. The molecule has 0 bridgehead atoms. The smallest absolute Gasteiger partial charge is 0.276 e. The molecule has 0 unspecified atom stereocenters. The maximum absolute atomic E-state index is 11.8. The van der Waals surface area contributed by atoms with Gasteiger partial charge in [-0.2, -0.15) is 0 Å². The van der Waals surface area contributed by atoms with E-state index in [1.807, 2.05) is 42.5 Å². The zero-order valence-corrected chi connectivity index (χ0v) is 20.6. The van der Waals surface area contributed by atoms with Gasteiger partial charge >= 0.3 is 0 Å². The molecule has 3 aliphatic rings. The predicted molar refractivity (Wildman–Crippen MR) is 140 cm³/mol. The van der Waals surface area contributed by atoms with Gasteiger partial charge in [0.05, 0.1) is 23.4 Å². The summed E-state index contributed by atoms with van der Waals surface area (Å²) in [6.07, 6.45) is 7.44. The first kappa shape index (κ1) is 24.1. The minimum atomic E-state index is -0.570. The van der Waals surface area contributed by atoms with E-state index in [4.69, 9.17) is 26.5 Å². The van der Waals surface area contributed by atoms with Gasteiger partial charge in [-0.25, -0.2) is 15.5 Å². The maximum atomic E-state index is 11.8. The fraction of sp³-hybridized carbons (Fsp3) is 0.296. The first-order chi connectivity index (χ1) is 17.6. The second kappa shape index (κ2) is 11.0. The Balaban J connectivity index is 1.42. The third kappa shape index (κ3) is 5.29. The maximum Gasteiger partial charge on any atom is 0.276 e. The fourth-order valence-corrected chi connectivity index (χ4v) is 4.78. The molecule has 5 rings (SSSR count). The number of fused-ring (bicyclic) bond motifs is 2. The molecule has 8 nitrogen and oxygen atoms in total. The van der Waals surface area contributed by atoms with Crippen LogP contribution in [0.3, 0.4) is 0 Å². The number of nitrogens with zero attached hydrogens (tertiary/aromatic N) is 4. The number of ether oxygens (including phenoxy) is 1. The van der Waals surface area contributed by atoms with Gasteiger partial charge in [0.1, 0.15) is 17.4 Å². The van der Waals surface area contributed by atoms with Crippen LogP contribution < -0.4 is 10.2 Å². The van der Waals surface area contributed by atoms with Crippen LogP contribution in [0.1, 0.15) is 24.0 Å². The Labute approximate surface area is 215 Å². The summed E-state index contributed by atoms with van der Waals surface area (Å²) in [7, 11) is 0. The molecule has 1 amide bonds. The van der Waals surface area contributed by atoms with Crippen molar-refractivity contribution in [2.45, 2.75) is 19.3 Å². The van der Waals surface area contributed by atoms with Crippen molar-refractivity contribution in [3.8, 4) is 5.75 Å². The van der Waals surface area contributed by atoms with Crippen molar-refractivity contribution in [1.82, 2.24) is 15.3 Å². The number of halogens is 1. The number of piperazine rings is 1. The molecule has 2 aromatic rings. The summed E-state index contributed by atoms with van der Waals surface area (Å²) in [5.74, 6) is 1.99. The first-order valence-electron chi connectivity index (χ1n) is 12.1. The predicted octanol–water partition coefficient (Wildman–Crippen LogP) is 4.11. The Bertz CT molecular complexity index is 1260. The van der Waals surface area contributed by atoms with E-state index in [0.717, 1.165) is 79.7 Å². The van der Waals surface area contributed by atoms with Crippen molar-refractivity contribution >= 4 is 34.9 Å². The molecule has 36 heavy (non-hydrogen) atoms. The van der Waals surface area contributed by atoms with Gasteiger partial charge in [-0.3, -0.25) is 10.0 Å². The van der Waals surface area contributed by atoms with Gasteiger partial charge in [-0.05, 0) is 36.2 Å². The number of nitrogens with one attached hydrogen (secondary N) is 1. The van der Waals surface area contributed by atoms with E-state index >= 15 is 0 Å².